The van der Waals surface area contributed by atoms with Gasteiger partial charge in [0.15, 0.2) is 5.82 Å². The maximum Gasteiger partial charge on any atom is 0.329 e. The molecule has 1 amide bonds. The summed E-state index contributed by atoms with van der Waals surface area (Å²) in [7, 11) is 0. The van der Waals surface area contributed by atoms with Gasteiger partial charge in [-0.05, 0) is 18.9 Å². The molecule has 1 aromatic heterocycles. The molecule has 1 aliphatic carbocycles. The van der Waals surface area contributed by atoms with Crippen LogP contribution >= 0.6 is 0 Å². The second kappa shape index (κ2) is 5.52. The van der Waals surface area contributed by atoms with Gasteiger partial charge in [0.2, 0.25) is 5.95 Å². The molecule has 1 fully saturated rings. The van der Waals surface area contributed by atoms with E-state index in [1.165, 1.54) is 0 Å². The van der Waals surface area contributed by atoms with Crippen molar-refractivity contribution in [2.24, 2.45) is 0 Å². The SMILES string of the molecule is O=C(NC1(C(=O)O)CCCCC1)c1ccnc(F)c1F. The van der Waals surface area contributed by atoms with E-state index in [2.05, 4.69) is 10.3 Å². The Kier molecular flexibility index (Phi) is 3.96. The molecule has 0 radical (unpaired) electrons. The monoisotopic (exact) mass is 284 g/mol. The summed E-state index contributed by atoms with van der Waals surface area (Å²) in [5, 5.41) is 11.7. The van der Waals surface area contributed by atoms with Crippen molar-refractivity contribution >= 4 is 11.9 Å². The zero-order valence-electron chi connectivity index (χ0n) is 10.7. The van der Waals surface area contributed by atoms with E-state index in [9.17, 15) is 23.5 Å². The number of halogens is 2. The molecule has 0 unspecified atom stereocenters. The summed E-state index contributed by atoms with van der Waals surface area (Å²) < 4.78 is 26.5. The van der Waals surface area contributed by atoms with Crippen molar-refractivity contribution in [1.82, 2.24) is 10.3 Å². The molecule has 0 spiro atoms. The second-order valence-corrected chi connectivity index (χ2v) is 4.87. The highest BCUT2D eigenvalue weighted by Crippen LogP contribution is 2.29. The van der Waals surface area contributed by atoms with Gasteiger partial charge in [0, 0.05) is 6.20 Å². The van der Waals surface area contributed by atoms with Gasteiger partial charge in [0.05, 0.1) is 5.56 Å². The fourth-order valence-electron chi connectivity index (χ4n) is 2.43. The molecule has 1 aliphatic rings. The average molecular weight is 284 g/mol. The lowest BCUT2D eigenvalue weighted by Crippen LogP contribution is -2.55. The summed E-state index contributed by atoms with van der Waals surface area (Å²) in [5.74, 6) is -4.85. The smallest absolute Gasteiger partial charge is 0.329 e. The van der Waals surface area contributed by atoms with Gasteiger partial charge in [-0.15, -0.1) is 0 Å². The molecule has 5 nitrogen and oxygen atoms in total. The Hall–Kier alpha value is -2.05. The number of pyridine rings is 1. The van der Waals surface area contributed by atoms with Gasteiger partial charge in [-0.1, -0.05) is 19.3 Å². The number of aliphatic carboxylic acids is 1. The highest BCUT2D eigenvalue weighted by Gasteiger charge is 2.41. The molecule has 0 bridgehead atoms. The maximum atomic E-state index is 13.5. The minimum Gasteiger partial charge on any atom is -0.480 e. The number of carboxylic acid groups (broad SMARTS) is 1. The third kappa shape index (κ3) is 2.61. The highest BCUT2D eigenvalue weighted by atomic mass is 19.2. The number of hydrogen-bond donors (Lipinski definition) is 2. The number of aromatic nitrogens is 1. The van der Waals surface area contributed by atoms with Crippen molar-refractivity contribution in [3.05, 3.63) is 29.6 Å². The van der Waals surface area contributed by atoms with Gasteiger partial charge in [0.1, 0.15) is 5.54 Å². The normalized spacial score (nSPS) is 17.5. The predicted molar refractivity (Wildman–Crippen MR) is 65.1 cm³/mol. The van der Waals surface area contributed by atoms with Crippen LogP contribution in [-0.2, 0) is 4.79 Å². The summed E-state index contributed by atoms with van der Waals surface area (Å²) in [4.78, 5) is 26.5. The van der Waals surface area contributed by atoms with Crippen LogP contribution in [0.4, 0.5) is 8.78 Å². The molecule has 108 valence electrons. The zero-order valence-corrected chi connectivity index (χ0v) is 10.7. The Balaban J connectivity index is 2.25. The van der Waals surface area contributed by atoms with Crippen LogP contribution < -0.4 is 5.32 Å². The molecule has 0 aliphatic heterocycles. The first-order valence-electron chi connectivity index (χ1n) is 6.32. The molecule has 1 aromatic rings. The van der Waals surface area contributed by atoms with Crippen LogP contribution in [-0.4, -0.2) is 27.5 Å². The van der Waals surface area contributed by atoms with Crippen LogP contribution in [0.2, 0.25) is 0 Å². The molecule has 0 saturated heterocycles. The van der Waals surface area contributed by atoms with E-state index in [1.54, 1.807) is 0 Å². The molecular formula is C13H14F2N2O3. The third-order valence-electron chi connectivity index (χ3n) is 3.56. The van der Waals surface area contributed by atoms with Crippen LogP contribution in [0.25, 0.3) is 0 Å². The average Bonchev–Trinajstić information content (AvgIpc) is 2.42. The van der Waals surface area contributed by atoms with Gasteiger partial charge >= 0.3 is 5.97 Å². The van der Waals surface area contributed by atoms with E-state index >= 15 is 0 Å². The lowest BCUT2D eigenvalue weighted by molar-refractivity contribution is -0.145. The lowest BCUT2D eigenvalue weighted by Gasteiger charge is -2.33. The number of carboxylic acids is 1. The molecule has 2 N–H and O–H groups in total. The van der Waals surface area contributed by atoms with Crippen LogP contribution in [0, 0.1) is 11.8 Å². The molecule has 7 heteroatoms. The van der Waals surface area contributed by atoms with Crippen molar-refractivity contribution in [1.29, 1.82) is 0 Å². The van der Waals surface area contributed by atoms with Crippen LogP contribution in [0.5, 0.6) is 0 Å². The van der Waals surface area contributed by atoms with Gasteiger partial charge in [-0.3, -0.25) is 4.79 Å². The first-order valence-corrected chi connectivity index (χ1v) is 6.32. The van der Waals surface area contributed by atoms with Crippen molar-refractivity contribution in [3.8, 4) is 0 Å². The Morgan fingerprint density at radius 1 is 1.25 bits per heavy atom. The Morgan fingerprint density at radius 2 is 1.90 bits per heavy atom. The fourth-order valence-corrected chi connectivity index (χ4v) is 2.43. The first kappa shape index (κ1) is 14.4. The van der Waals surface area contributed by atoms with Crippen LogP contribution in [0.1, 0.15) is 42.5 Å². The van der Waals surface area contributed by atoms with E-state index in [4.69, 9.17) is 0 Å². The number of amides is 1. The van der Waals surface area contributed by atoms with Crippen molar-refractivity contribution in [2.75, 3.05) is 0 Å². The van der Waals surface area contributed by atoms with E-state index in [0.29, 0.717) is 12.8 Å². The summed E-state index contributed by atoms with van der Waals surface area (Å²) in [6.07, 6.45) is 3.75. The number of hydrogen-bond acceptors (Lipinski definition) is 3. The molecule has 0 aromatic carbocycles. The van der Waals surface area contributed by atoms with E-state index < -0.39 is 34.7 Å². The fraction of sp³-hybridized carbons (Fsp3) is 0.462. The predicted octanol–water partition coefficient (Wildman–Crippen LogP) is 1.88. The zero-order chi connectivity index (χ0) is 14.8. The molecule has 2 rings (SSSR count). The Morgan fingerprint density at radius 3 is 2.50 bits per heavy atom. The topological polar surface area (TPSA) is 79.3 Å². The minimum atomic E-state index is -1.40. The van der Waals surface area contributed by atoms with Crippen LogP contribution in [0.15, 0.2) is 12.3 Å². The third-order valence-corrected chi connectivity index (χ3v) is 3.56. The number of rotatable bonds is 3. The maximum absolute atomic E-state index is 13.5. The first-order chi connectivity index (χ1) is 9.46. The van der Waals surface area contributed by atoms with Gasteiger partial charge in [-0.25, -0.2) is 14.2 Å². The van der Waals surface area contributed by atoms with E-state index in [0.717, 1.165) is 18.7 Å². The van der Waals surface area contributed by atoms with Gasteiger partial charge < -0.3 is 10.4 Å². The highest BCUT2D eigenvalue weighted by molar-refractivity contribution is 5.98. The molecule has 0 atom stereocenters. The molecule has 1 saturated carbocycles. The number of carbonyl (C=O) groups is 2. The van der Waals surface area contributed by atoms with Gasteiger partial charge in [-0.2, -0.15) is 4.39 Å². The summed E-state index contributed by atoms with van der Waals surface area (Å²) in [5.41, 5.74) is -1.94. The number of nitrogens with one attached hydrogen (secondary N) is 1. The summed E-state index contributed by atoms with van der Waals surface area (Å²) >= 11 is 0. The van der Waals surface area contributed by atoms with E-state index in [1.807, 2.05) is 0 Å². The largest absolute Gasteiger partial charge is 0.480 e. The van der Waals surface area contributed by atoms with E-state index in [-0.39, 0.29) is 12.8 Å². The molecule has 1 heterocycles. The Labute approximate surface area is 114 Å². The number of carbonyl (C=O) groups excluding carboxylic acids is 1. The quantitative estimate of drug-likeness (QED) is 0.831. The summed E-state index contributed by atoms with van der Waals surface area (Å²) in [6.45, 7) is 0. The summed E-state index contributed by atoms with van der Waals surface area (Å²) in [6, 6.07) is 1.02. The van der Waals surface area contributed by atoms with Crippen molar-refractivity contribution in [2.45, 2.75) is 37.6 Å². The second-order valence-electron chi connectivity index (χ2n) is 4.87. The Bertz CT molecular complexity index is 542. The van der Waals surface area contributed by atoms with Crippen molar-refractivity contribution in [3.63, 3.8) is 0 Å². The van der Waals surface area contributed by atoms with Gasteiger partial charge in [0.25, 0.3) is 5.91 Å². The standard InChI is InChI=1S/C13H14F2N2O3/c14-9-8(4-7-16-10(9)15)11(18)17-13(12(19)20)5-2-1-3-6-13/h4,7H,1-3,5-6H2,(H,17,18)(H,19,20). The van der Waals surface area contributed by atoms with Crippen LogP contribution in [0.3, 0.4) is 0 Å². The minimum absolute atomic E-state index is 0.281. The number of nitrogens with zero attached hydrogens (tertiary/aromatic N) is 1. The molecular weight excluding hydrogens is 270 g/mol. The lowest BCUT2D eigenvalue weighted by atomic mass is 9.81. The van der Waals surface area contributed by atoms with Crippen molar-refractivity contribution < 1.29 is 23.5 Å². The molecule has 20 heavy (non-hydrogen) atoms.